The summed E-state index contributed by atoms with van der Waals surface area (Å²) in [6, 6.07) is 0.382. The van der Waals surface area contributed by atoms with E-state index >= 15 is 0 Å². The molecule has 78 valence electrons. The Morgan fingerprint density at radius 2 is 1.93 bits per heavy atom. The molecule has 2 aliphatic rings. The van der Waals surface area contributed by atoms with Gasteiger partial charge >= 0.3 is 0 Å². The molecule has 0 radical (unpaired) electrons. The first-order chi connectivity index (χ1) is 6.84. The van der Waals surface area contributed by atoms with Gasteiger partial charge in [-0.1, -0.05) is 6.08 Å². The van der Waals surface area contributed by atoms with E-state index in [0.717, 1.165) is 25.9 Å². The summed E-state index contributed by atoms with van der Waals surface area (Å²) >= 11 is 0. The number of hydrogen-bond acceptors (Lipinski definition) is 2. The molecule has 3 nitrogen and oxygen atoms in total. The molecule has 2 rings (SSSR count). The van der Waals surface area contributed by atoms with Crippen LogP contribution in [0.3, 0.4) is 0 Å². The first-order valence-corrected chi connectivity index (χ1v) is 5.54. The van der Waals surface area contributed by atoms with E-state index in [1.54, 1.807) is 6.08 Å². The molecular formula is C11H18N2O. The van der Waals surface area contributed by atoms with Crippen LogP contribution in [-0.2, 0) is 4.79 Å². The van der Waals surface area contributed by atoms with Crippen molar-refractivity contribution < 1.29 is 4.79 Å². The number of allylic oxidation sites excluding steroid dienone is 1. The third-order valence-corrected chi connectivity index (χ3v) is 2.83. The predicted octanol–water partition coefficient (Wildman–Crippen LogP) is 0.821. The lowest BCUT2D eigenvalue weighted by molar-refractivity contribution is -0.117. The minimum atomic E-state index is 0.0869. The molecule has 3 heteroatoms. The fourth-order valence-corrected chi connectivity index (χ4v) is 1.73. The first-order valence-electron chi connectivity index (χ1n) is 5.54. The van der Waals surface area contributed by atoms with Gasteiger partial charge in [0.1, 0.15) is 0 Å². The second-order valence-electron chi connectivity index (χ2n) is 4.23. The van der Waals surface area contributed by atoms with Crippen LogP contribution < -0.4 is 10.6 Å². The standard InChI is InChI=1S/C11H18N2O/c14-11(4-3-9-1-2-9)13-10-5-7-12-8-6-10/h3-4,9-10,12H,1-2,5-8H2,(H,13,14)/b4-3+. The highest BCUT2D eigenvalue weighted by Crippen LogP contribution is 2.29. The van der Waals surface area contributed by atoms with Crippen LogP contribution in [0.1, 0.15) is 25.7 Å². The van der Waals surface area contributed by atoms with E-state index in [1.807, 2.05) is 6.08 Å². The minimum Gasteiger partial charge on any atom is -0.350 e. The van der Waals surface area contributed by atoms with E-state index in [-0.39, 0.29) is 5.91 Å². The Bertz CT molecular complexity index is 227. The van der Waals surface area contributed by atoms with Crippen LogP contribution in [0, 0.1) is 5.92 Å². The van der Waals surface area contributed by atoms with Crippen LogP contribution in [0.4, 0.5) is 0 Å². The Balaban J connectivity index is 1.69. The molecule has 1 amide bonds. The Morgan fingerprint density at radius 1 is 1.21 bits per heavy atom. The molecule has 0 atom stereocenters. The maximum atomic E-state index is 11.4. The lowest BCUT2D eigenvalue weighted by Crippen LogP contribution is -2.42. The summed E-state index contributed by atoms with van der Waals surface area (Å²) in [4.78, 5) is 11.4. The molecule has 0 aromatic rings. The molecule has 1 aliphatic carbocycles. The van der Waals surface area contributed by atoms with Crippen molar-refractivity contribution in [2.24, 2.45) is 5.92 Å². The van der Waals surface area contributed by atoms with Crippen molar-refractivity contribution in [1.29, 1.82) is 0 Å². The summed E-state index contributed by atoms with van der Waals surface area (Å²) in [5.41, 5.74) is 0. The highest BCUT2D eigenvalue weighted by molar-refractivity contribution is 5.87. The summed E-state index contributed by atoms with van der Waals surface area (Å²) in [6.07, 6.45) is 8.39. The van der Waals surface area contributed by atoms with Gasteiger partial charge in [-0.25, -0.2) is 0 Å². The molecule has 2 fully saturated rings. The van der Waals surface area contributed by atoms with Gasteiger partial charge in [0.05, 0.1) is 0 Å². The average molecular weight is 194 g/mol. The third kappa shape index (κ3) is 3.14. The number of amides is 1. The van der Waals surface area contributed by atoms with Gasteiger partial charge < -0.3 is 10.6 Å². The quantitative estimate of drug-likeness (QED) is 0.653. The summed E-state index contributed by atoms with van der Waals surface area (Å²) in [5, 5.41) is 6.32. The number of hydrogen-bond donors (Lipinski definition) is 2. The van der Waals surface area contributed by atoms with E-state index in [4.69, 9.17) is 0 Å². The van der Waals surface area contributed by atoms with Crippen LogP contribution in [-0.4, -0.2) is 25.0 Å². The number of piperidine rings is 1. The lowest BCUT2D eigenvalue weighted by Gasteiger charge is -2.22. The van der Waals surface area contributed by atoms with Crippen LogP contribution in [0.2, 0.25) is 0 Å². The van der Waals surface area contributed by atoms with E-state index < -0.39 is 0 Å². The van der Waals surface area contributed by atoms with Gasteiger partial charge in [0, 0.05) is 6.04 Å². The summed E-state index contributed by atoms with van der Waals surface area (Å²) in [7, 11) is 0. The molecule has 1 heterocycles. The van der Waals surface area contributed by atoms with Gasteiger partial charge in [-0.05, 0) is 50.8 Å². The second kappa shape index (κ2) is 4.60. The molecule has 0 aromatic carbocycles. The number of nitrogens with one attached hydrogen (secondary N) is 2. The monoisotopic (exact) mass is 194 g/mol. The molecule has 1 aliphatic heterocycles. The van der Waals surface area contributed by atoms with Crippen molar-refractivity contribution in [3.8, 4) is 0 Å². The van der Waals surface area contributed by atoms with Crippen molar-refractivity contribution in [2.45, 2.75) is 31.7 Å². The number of rotatable bonds is 3. The summed E-state index contributed by atoms with van der Waals surface area (Å²) in [5.74, 6) is 0.776. The van der Waals surface area contributed by atoms with E-state index in [1.165, 1.54) is 12.8 Å². The molecule has 0 unspecified atom stereocenters. The van der Waals surface area contributed by atoms with Gasteiger partial charge in [-0.2, -0.15) is 0 Å². The molecule has 2 N–H and O–H groups in total. The molecule has 1 saturated heterocycles. The maximum Gasteiger partial charge on any atom is 0.243 e. The number of carbonyl (C=O) groups excluding carboxylic acids is 1. The Morgan fingerprint density at radius 3 is 2.57 bits per heavy atom. The summed E-state index contributed by atoms with van der Waals surface area (Å²) in [6.45, 7) is 2.05. The first kappa shape index (κ1) is 9.71. The molecule has 14 heavy (non-hydrogen) atoms. The molecule has 0 aromatic heterocycles. The highest BCUT2D eigenvalue weighted by atomic mass is 16.1. The van der Waals surface area contributed by atoms with E-state index in [0.29, 0.717) is 12.0 Å². The van der Waals surface area contributed by atoms with Gasteiger partial charge in [-0.3, -0.25) is 4.79 Å². The second-order valence-corrected chi connectivity index (χ2v) is 4.23. The van der Waals surface area contributed by atoms with Crippen molar-refractivity contribution >= 4 is 5.91 Å². The zero-order valence-electron chi connectivity index (χ0n) is 8.46. The molecule has 0 bridgehead atoms. The fourth-order valence-electron chi connectivity index (χ4n) is 1.73. The summed E-state index contributed by atoms with van der Waals surface area (Å²) < 4.78 is 0. The largest absolute Gasteiger partial charge is 0.350 e. The Kier molecular flexibility index (Phi) is 3.19. The van der Waals surface area contributed by atoms with Gasteiger partial charge in [-0.15, -0.1) is 0 Å². The third-order valence-electron chi connectivity index (χ3n) is 2.83. The SMILES string of the molecule is O=C(/C=C/C1CC1)NC1CCNCC1. The van der Waals surface area contributed by atoms with Gasteiger partial charge in [0.15, 0.2) is 0 Å². The molecule has 1 saturated carbocycles. The lowest BCUT2D eigenvalue weighted by atomic mass is 10.1. The minimum absolute atomic E-state index is 0.0869. The van der Waals surface area contributed by atoms with Gasteiger partial charge in [0.25, 0.3) is 0 Å². The molecular weight excluding hydrogens is 176 g/mol. The highest BCUT2D eigenvalue weighted by Gasteiger charge is 2.18. The maximum absolute atomic E-state index is 11.4. The molecule has 0 spiro atoms. The zero-order valence-corrected chi connectivity index (χ0v) is 8.46. The van der Waals surface area contributed by atoms with Crippen molar-refractivity contribution in [3.05, 3.63) is 12.2 Å². The fraction of sp³-hybridized carbons (Fsp3) is 0.727. The average Bonchev–Trinajstić information content (AvgIpc) is 3.00. The van der Waals surface area contributed by atoms with Crippen LogP contribution in [0.5, 0.6) is 0 Å². The van der Waals surface area contributed by atoms with Crippen molar-refractivity contribution in [3.63, 3.8) is 0 Å². The van der Waals surface area contributed by atoms with Gasteiger partial charge in [0.2, 0.25) is 5.91 Å². The Labute approximate surface area is 84.9 Å². The zero-order chi connectivity index (χ0) is 9.80. The van der Waals surface area contributed by atoms with E-state index in [9.17, 15) is 4.79 Å². The van der Waals surface area contributed by atoms with Crippen LogP contribution >= 0.6 is 0 Å². The normalized spacial score (nSPS) is 24.0. The predicted molar refractivity (Wildman–Crippen MR) is 55.9 cm³/mol. The van der Waals surface area contributed by atoms with Crippen molar-refractivity contribution in [2.75, 3.05) is 13.1 Å². The van der Waals surface area contributed by atoms with Crippen molar-refractivity contribution in [1.82, 2.24) is 10.6 Å². The van der Waals surface area contributed by atoms with E-state index in [2.05, 4.69) is 10.6 Å². The topological polar surface area (TPSA) is 41.1 Å². The van der Waals surface area contributed by atoms with Crippen LogP contribution in [0.15, 0.2) is 12.2 Å². The Hall–Kier alpha value is -0.830. The number of carbonyl (C=O) groups is 1. The smallest absolute Gasteiger partial charge is 0.243 e. The van der Waals surface area contributed by atoms with Crippen LogP contribution in [0.25, 0.3) is 0 Å².